The number of hydrogen-bond donors (Lipinski definition) is 0. The maximum Gasteiger partial charge on any atom is 0.303 e. The first kappa shape index (κ1) is 34.8. The number of ether oxygens (including phenoxy) is 7. The number of benzene rings is 1. The van der Waals surface area contributed by atoms with Crippen LogP contribution in [0.3, 0.4) is 0 Å². The molecule has 6 atom stereocenters. The topological polar surface area (TPSA) is 150 Å². The molecule has 13 heteroatoms. The first-order valence-corrected chi connectivity index (χ1v) is 15.9. The summed E-state index contributed by atoms with van der Waals surface area (Å²) in [4.78, 5) is 62.7. The average Bonchev–Trinajstić information content (AvgIpc) is 3.23. The molecule has 0 saturated carbocycles. The highest BCUT2D eigenvalue weighted by Gasteiger charge is 2.52. The van der Waals surface area contributed by atoms with Crippen LogP contribution in [0.25, 0.3) is 11.1 Å². The van der Waals surface area contributed by atoms with Gasteiger partial charge in [0.15, 0.2) is 29.1 Å². The van der Waals surface area contributed by atoms with E-state index in [1.807, 2.05) is 12.3 Å². The van der Waals surface area contributed by atoms with E-state index in [0.717, 1.165) is 5.56 Å². The minimum Gasteiger partial charge on any atom is -0.492 e. The van der Waals surface area contributed by atoms with Gasteiger partial charge in [-0.3, -0.25) is 24.0 Å². The fourth-order valence-electron chi connectivity index (χ4n) is 6.01. The summed E-state index contributed by atoms with van der Waals surface area (Å²) >= 11 is 1.31. The van der Waals surface area contributed by atoms with Crippen LogP contribution in [0.2, 0.25) is 0 Å². The van der Waals surface area contributed by atoms with E-state index in [-0.39, 0.29) is 28.5 Å². The molecule has 2 aromatic rings. The molecule has 46 heavy (non-hydrogen) atoms. The molecule has 0 amide bonds. The zero-order valence-corrected chi connectivity index (χ0v) is 27.8. The molecule has 1 aliphatic heterocycles. The van der Waals surface area contributed by atoms with Crippen LogP contribution in [-0.4, -0.2) is 74.9 Å². The Balaban J connectivity index is 1.90. The lowest BCUT2D eigenvalue weighted by atomic mass is 9.90. The van der Waals surface area contributed by atoms with E-state index in [1.54, 1.807) is 19.1 Å². The van der Waals surface area contributed by atoms with E-state index in [0.29, 0.717) is 34.4 Å². The van der Waals surface area contributed by atoms with Crippen molar-refractivity contribution in [1.29, 1.82) is 0 Å². The second-order valence-corrected chi connectivity index (χ2v) is 11.9. The van der Waals surface area contributed by atoms with Crippen molar-refractivity contribution in [3.63, 3.8) is 0 Å². The van der Waals surface area contributed by atoms with Crippen LogP contribution in [0.5, 0.6) is 17.2 Å². The first-order valence-electron chi connectivity index (χ1n) is 14.7. The Bertz CT molecular complexity index is 1590. The van der Waals surface area contributed by atoms with Crippen molar-refractivity contribution in [2.24, 2.45) is 0 Å². The molecule has 0 unspecified atom stereocenters. The van der Waals surface area contributed by atoms with E-state index in [9.17, 15) is 24.0 Å². The summed E-state index contributed by atoms with van der Waals surface area (Å²) in [5.41, 5.74) is 2.42. The van der Waals surface area contributed by atoms with E-state index >= 15 is 0 Å². The summed E-state index contributed by atoms with van der Waals surface area (Å²) in [5.74, 6) is -2.10. The van der Waals surface area contributed by atoms with Gasteiger partial charge in [0.05, 0.1) is 25.2 Å². The number of hydrogen-bond acceptors (Lipinski definition) is 13. The average molecular weight is 659 g/mol. The molecular formula is C33H38O12S. The van der Waals surface area contributed by atoms with Gasteiger partial charge < -0.3 is 33.2 Å². The lowest BCUT2D eigenvalue weighted by Crippen LogP contribution is -2.62. The maximum absolute atomic E-state index is 13.1. The predicted molar refractivity (Wildman–Crippen MR) is 166 cm³/mol. The number of carbonyl (C=O) groups excluding carboxylic acids is 4. The van der Waals surface area contributed by atoms with Gasteiger partial charge in [0, 0.05) is 32.3 Å². The third kappa shape index (κ3) is 7.15. The third-order valence-electron chi connectivity index (χ3n) is 7.87. The molecule has 12 nitrogen and oxygen atoms in total. The van der Waals surface area contributed by atoms with E-state index in [1.165, 1.54) is 59.7 Å². The molecule has 2 aliphatic rings. The molecular weight excluding hydrogens is 620 g/mol. The highest BCUT2D eigenvalue weighted by molar-refractivity contribution is 7.98. The zero-order valence-electron chi connectivity index (χ0n) is 27.0. The maximum atomic E-state index is 13.1. The fraction of sp³-hybridized carbons (Fsp3) is 0.485. The van der Waals surface area contributed by atoms with Gasteiger partial charge in [-0.15, -0.1) is 11.8 Å². The number of methoxy groups -OCH3 is 2. The lowest BCUT2D eigenvalue weighted by Gasteiger charge is -2.43. The first-order chi connectivity index (χ1) is 21.8. The molecule has 0 radical (unpaired) electrons. The molecule has 4 rings (SSSR count). The summed E-state index contributed by atoms with van der Waals surface area (Å²) in [6.07, 6.45) is -3.28. The van der Waals surface area contributed by atoms with Crippen LogP contribution >= 0.6 is 11.8 Å². The van der Waals surface area contributed by atoms with Gasteiger partial charge in [-0.05, 0) is 67.8 Å². The van der Waals surface area contributed by atoms with Gasteiger partial charge >= 0.3 is 17.9 Å². The summed E-state index contributed by atoms with van der Waals surface area (Å²) in [7, 11) is 2.89. The van der Waals surface area contributed by atoms with Crippen LogP contribution < -0.4 is 19.6 Å². The zero-order chi connectivity index (χ0) is 33.9. The molecule has 0 spiro atoms. The second-order valence-electron chi connectivity index (χ2n) is 11.0. The van der Waals surface area contributed by atoms with E-state index in [2.05, 4.69) is 0 Å². The predicted octanol–water partition coefficient (Wildman–Crippen LogP) is 3.99. The van der Waals surface area contributed by atoms with Crippen LogP contribution in [0.15, 0.2) is 34.0 Å². The number of carbonyl (C=O) groups is 4. The minimum atomic E-state index is -1.35. The van der Waals surface area contributed by atoms with E-state index in [4.69, 9.17) is 33.2 Å². The number of fused-ring (bicyclic) bond motifs is 3. The van der Waals surface area contributed by atoms with Crippen LogP contribution in [0.4, 0.5) is 0 Å². The highest BCUT2D eigenvalue weighted by atomic mass is 32.2. The molecule has 248 valence electrons. The molecule has 1 aliphatic carbocycles. The number of esters is 3. The standard InChI is InChI=1S/C33H38O12S/c1-15(34)21-10-9-20-13-25(29(39-6)30(40-7)27(20)22-11-12-26(46-8)24(38)14-23(21)22)45-33-32(44-19(5)37)31(43-18(4)36)28(16(2)41-33)42-17(3)35/h11-14,16,21,28,31-33H,9-10H2,1-8H3/t16-,21-,28-,31+,32-,33+/m1/s1. The molecule has 1 saturated heterocycles. The van der Waals surface area contributed by atoms with Crippen LogP contribution in [0, 0.1) is 0 Å². The van der Waals surface area contributed by atoms with Crippen LogP contribution in [0.1, 0.15) is 58.1 Å². The number of rotatable bonds is 9. The van der Waals surface area contributed by atoms with E-state index < -0.39 is 54.5 Å². The number of Topliss-reactive ketones (excluding diaryl/α,β-unsaturated/α-hetero) is 1. The van der Waals surface area contributed by atoms with Crippen molar-refractivity contribution in [2.75, 3.05) is 20.5 Å². The smallest absolute Gasteiger partial charge is 0.303 e. The Morgan fingerprint density at radius 3 is 2.02 bits per heavy atom. The molecule has 2 aromatic carbocycles. The minimum absolute atomic E-state index is 0.0829. The van der Waals surface area contributed by atoms with Gasteiger partial charge in [-0.25, -0.2) is 0 Å². The lowest BCUT2D eigenvalue weighted by molar-refractivity contribution is -0.280. The summed E-state index contributed by atoms with van der Waals surface area (Å²) in [6.45, 7) is 6.65. The summed E-state index contributed by atoms with van der Waals surface area (Å²) in [6, 6.07) is 6.78. The van der Waals surface area contributed by atoms with Gasteiger partial charge in [0.1, 0.15) is 5.78 Å². The second kappa shape index (κ2) is 14.5. The summed E-state index contributed by atoms with van der Waals surface area (Å²) in [5, 5.41) is 0. The van der Waals surface area contributed by atoms with Crippen molar-refractivity contribution in [3.8, 4) is 28.4 Å². The van der Waals surface area contributed by atoms with Crippen molar-refractivity contribution < 1.29 is 52.3 Å². The molecule has 0 N–H and O–H groups in total. The Hall–Kier alpha value is -4.10. The Morgan fingerprint density at radius 2 is 1.46 bits per heavy atom. The van der Waals surface area contributed by atoms with Crippen LogP contribution in [-0.2, 0) is 44.5 Å². The SMILES string of the molecule is COc1c(O[C@@H]2O[C@H](C)[C@@H](OC(C)=O)[C@H](OC(C)=O)[C@H]2OC(C)=O)cc2c(c1OC)-c1ccc(SC)c(=O)cc1[C@@H](C(C)=O)CC2. The van der Waals surface area contributed by atoms with Gasteiger partial charge in [0.2, 0.25) is 18.1 Å². The van der Waals surface area contributed by atoms with Gasteiger partial charge in [0.25, 0.3) is 0 Å². The van der Waals surface area contributed by atoms with Crippen molar-refractivity contribution in [2.45, 2.75) is 89.0 Å². The number of ketones is 1. The third-order valence-corrected chi connectivity index (χ3v) is 8.64. The molecule has 0 aromatic heterocycles. The Labute approximate surface area is 271 Å². The monoisotopic (exact) mass is 658 g/mol. The quantitative estimate of drug-likeness (QED) is 0.217. The van der Waals surface area contributed by atoms with Crippen molar-refractivity contribution in [3.05, 3.63) is 45.6 Å². The largest absolute Gasteiger partial charge is 0.492 e. The number of aryl methyl sites for hydroxylation is 1. The fourth-order valence-corrected chi connectivity index (χ4v) is 6.48. The Kier molecular flexibility index (Phi) is 11.0. The summed E-state index contributed by atoms with van der Waals surface area (Å²) < 4.78 is 40.6. The molecule has 0 bridgehead atoms. The van der Waals surface area contributed by atoms with Crippen molar-refractivity contribution in [1.82, 2.24) is 0 Å². The normalized spacial score (nSPS) is 23.5. The highest BCUT2D eigenvalue weighted by Crippen LogP contribution is 2.51. The van der Waals surface area contributed by atoms with Gasteiger partial charge in [-0.2, -0.15) is 0 Å². The molecule has 1 fully saturated rings. The van der Waals surface area contributed by atoms with Gasteiger partial charge in [-0.1, -0.05) is 6.07 Å². The molecule has 1 heterocycles. The van der Waals surface area contributed by atoms with Crippen molar-refractivity contribution >= 4 is 35.5 Å². The number of thioether (sulfide) groups is 1. The Morgan fingerprint density at radius 1 is 0.848 bits per heavy atom.